The molecule has 9 nitrogen and oxygen atoms in total. The van der Waals surface area contributed by atoms with Crippen molar-refractivity contribution in [1.29, 1.82) is 0 Å². The van der Waals surface area contributed by atoms with E-state index in [1.165, 1.54) is 4.57 Å². The van der Waals surface area contributed by atoms with Crippen LogP contribution in [0.4, 0.5) is 10.5 Å². The number of para-hydroxylation sites is 1. The van der Waals surface area contributed by atoms with Gasteiger partial charge in [0.25, 0.3) is 5.56 Å². The summed E-state index contributed by atoms with van der Waals surface area (Å²) >= 11 is 3.63. The molecule has 1 aromatic heterocycles. The number of hydrogen-bond donors (Lipinski definition) is 1. The fraction of sp³-hybridized carbons (Fsp3) is 0.323. The lowest BCUT2D eigenvalue weighted by molar-refractivity contribution is 0.187. The van der Waals surface area contributed by atoms with E-state index < -0.39 is 6.04 Å². The molecule has 41 heavy (non-hydrogen) atoms. The summed E-state index contributed by atoms with van der Waals surface area (Å²) in [6.07, 6.45) is 2.74. The summed E-state index contributed by atoms with van der Waals surface area (Å²) in [5.74, 6) is 2.04. The van der Waals surface area contributed by atoms with Crippen molar-refractivity contribution in [3.63, 3.8) is 0 Å². The molecule has 0 spiro atoms. The summed E-state index contributed by atoms with van der Waals surface area (Å²) < 4.78 is 18.5. The molecule has 0 saturated heterocycles. The standard InChI is InChI=1S/C31H35BrN4O5/c1-6-7-10-16-35(31(38)33-21-12-11-13-22(17-21)39-3)20(2)29-34-25-15-9-8-14-24(25)30(37)36(29)26-18-23(40-4)19-27(41-5)28(26)32/h8-9,11-15,17-20H,6-7,10,16H2,1-5H3,(H,33,38). The van der Waals surface area contributed by atoms with Crippen molar-refractivity contribution in [2.24, 2.45) is 0 Å². The normalized spacial score (nSPS) is 11.7. The average Bonchev–Trinajstić information content (AvgIpc) is 2.99. The van der Waals surface area contributed by atoms with Crippen LogP contribution in [0.15, 0.2) is 69.9 Å². The first-order valence-corrected chi connectivity index (χ1v) is 14.3. The number of nitrogens with zero attached hydrogens (tertiary/aromatic N) is 3. The molecular weight excluding hydrogens is 588 g/mol. The minimum Gasteiger partial charge on any atom is -0.497 e. The second-order valence-electron chi connectivity index (χ2n) is 9.53. The second kappa shape index (κ2) is 13.5. The Hall–Kier alpha value is -4.05. The number of ether oxygens (including phenoxy) is 3. The minimum atomic E-state index is -0.584. The topological polar surface area (TPSA) is 94.9 Å². The first-order valence-electron chi connectivity index (χ1n) is 13.5. The summed E-state index contributed by atoms with van der Waals surface area (Å²) in [6, 6.07) is 17.0. The molecule has 4 aromatic rings. The molecule has 4 rings (SSSR count). The fourth-order valence-electron chi connectivity index (χ4n) is 4.69. The van der Waals surface area contributed by atoms with Gasteiger partial charge in [-0.15, -0.1) is 0 Å². The molecular formula is C31H35BrN4O5. The van der Waals surface area contributed by atoms with Gasteiger partial charge in [0.05, 0.1) is 48.4 Å². The van der Waals surface area contributed by atoms with Crippen LogP contribution in [0.3, 0.4) is 0 Å². The number of amides is 2. The number of nitrogens with one attached hydrogen (secondary N) is 1. The summed E-state index contributed by atoms with van der Waals surface area (Å²) in [5.41, 5.74) is 1.37. The average molecular weight is 624 g/mol. The number of fused-ring (bicyclic) bond motifs is 1. The van der Waals surface area contributed by atoms with Gasteiger partial charge in [0.1, 0.15) is 23.1 Å². The zero-order valence-corrected chi connectivity index (χ0v) is 25.5. The third kappa shape index (κ3) is 6.48. The van der Waals surface area contributed by atoms with Crippen LogP contribution in [-0.4, -0.2) is 48.4 Å². The molecule has 216 valence electrons. The second-order valence-corrected chi connectivity index (χ2v) is 10.3. The number of halogens is 1. The number of carbonyl (C=O) groups is 1. The van der Waals surface area contributed by atoms with Gasteiger partial charge in [-0.3, -0.25) is 9.36 Å². The number of urea groups is 1. The van der Waals surface area contributed by atoms with Crippen molar-refractivity contribution in [1.82, 2.24) is 14.5 Å². The Labute approximate surface area is 248 Å². The highest BCUT2D eigenvalue weighted by Crippen LogP contribution is 2.37. The van der Waals surface area contributed by atoms with Gasteiger partial charge >= 0.3 is 6.03 Å². The lowest BCUT2D eigenvalue weighted by Crippen LogP contribution is -2.40. The van der Waals surface area contributed by atoms with E-state index in [9.17, 15) is 9.59 Å². The first-order chi connectivity index (χ1) is 19.8. The van der Waals surface area contributed by atoms with Crippen LogP contribution in [0, 0.1) is 0 Å². The van der Waals surface area contributed by atoms with Crippen LogP contribution in [0.5, 0.6) is 17.2 Å². The van der Waals surface area contributed by atoms with E-state index in [1.807, 2.05) is 25.1 Å². The third-order valence-corrected chi connectivity index (χ3v) is 7.71. The van der Waals surface area contributed by atoms with Crippen molar-refractivity contribution in [2.45, 2.75) is 39.2 Å². The zero-order chi connectivity index (χ0) is 29.5. The van der Waals surface area contributed by atoms with E-state index in [1.54, 1.807) is 68.7 Å². The summed E-state index contributed by atoms with van der Waals surface area (Å²) in [6.45, 7) is 4.46. The summed E-state index contributed by atoms with van der Waals surface area (Å²) in [7, 11) is 4.68. The van der Waals surface area contributed by atoms with Gasteiger partial charge in [0.2, 0.25) is 0 Å². The Balaban J connectivity index is 1.89. The van der Waals surface area contributed by atoms with Gasteiger partial charge in [0.15, 0.2) is 0 Å². The highest BCUT2D eigenvalue weighted by atomic mass is 79.9. The quantitative estimate of drug-likeness (QED) is 0.182. The number of rotatable bonds is 11. The Morgan fingerprint density at radius 2 is 1.76 bits per heavy atom. The summed E-state index contributed by atoms with van der Waals surface area (Å²) in [5, 5.41) is 3.45. The lowest BCUT2D eigenvalue weighted by atomic mass is 10.1. The van der Waals surface area contributed by atoms with Crippen LogP contribution in [0.2, 0.25) is 0 Å². The molecule has 3 aromatic carbocycles. The molecule has 1 N–H and O–H groups in total. The molecule has 0 aliphatic heterocycles. The molecule has 0 aliphatic rings. The minimum absolute atomic E-state index is 0.268. The smallest absolute Gasteiger partial charge is 0.322 e. The maximum absolute atomic E-state index is 14.1. The Morgan fingerprint density at radius 3 is 2.46 bits per heavy atom. The van der Waals surface area contributed by atoms with Gasteiger partial charge in [-0.1, -0.05) is 38.0 Å². The molecule has 1 heterocycles. The van der Waals surface area contributed by atoms with E-state index in [2.05, 4.69) is 28.2 Å². The number of unbranched alkanes of at least 4 members (excludes halogenated alkanes) is 2. The fourth-order valence-corrected chi connectivity index (χ4v) is 5.26. The van der Waals surface area contributed by atoms with Crippen LogP contribution in [0.25, 0.3) is 16.6 Å². The number of methoxy groups -OCH3 is 3. The van der Waals surface area contributed by atoms with E-state index in [0.717, 1.165) is 19.3 Å². The van der Waals surface area contributed by atoms with E-state index in [4.69, 9.17) is 19.2 Å². The van der Waals surface area contributed by atoms with Gasteiger partial charge in [0, 0.05) is 30.4 Å². The molecule has 1 atom stereocenters. The van der Waals surface area contributed by atoms with Crippen LogP contribution < -0.4 is 25.1 Å². The predicted molar refractivity (Wildman–Crippen MR) is 165 cm³/mol. The highest BCUT2D eigenvalue weighted by molar-refractivity contribution is 9.10. The monoisotopic (exact) mass is 622 g/mol. The van der Waals surface area contributed by atoms with Crippen molar-refractivity contribution in [3.05, 3.63) is 81.3 Å². The van der Waals surface area contributed by atoms with Crippen molar-refractivity contribution in [3.8, 4) is 22.9 Å². The van der Waals surface area contributed by atoms with Gasteiger partial charge in [-0.25, -0.2) is 9.78 Å². The highest BCUT2D eigenvalue weighted by Gasteiger charge is 2.28. The lowest BCUT2D eigenvalue weighted by Gasteiger charge is -2.31. The van der Waals surface area contributed by atoms with E-state index >= 15 is 0 Å². The van der Waals surface area contributed by atoms with Crippen LogP contribution >= 0.6 is 15.9 Å². The Kier molecular flexibility index (Phi) is 9.88. The molecule has 0 aliphatic carbocycles. The summed E-state index contributed by atoms with van der Waals surface area (Å²) in [4.78, 5) is 34.6. The number of benzene rings is 3. The van der Waals surface area contributed by atoms with Crippen LogP contribution in [0.1, 0.15) is 45.0 Å². The van der Waals surface area contributed by atoms with Gasteiger partial charge in [-0.05, 0) is 53.5 Å². The maximum atomic E-state index is 14.1. The maximum Gasteiger partial charge on any atom is 0.322 e. The van der Waals surface area contributed by atoms with E-state index in [0.29, 0.717) is 56.4 Å². The molecule has 0 bridgehead atoms. The Morgan fingerprint density at radius 1 is 1.00 bits per heavy atom. The number of aromatic nitrogens is 2. The molecule has 0 saturated carbocycles. The number of hydrogen-bond acceptors (Lipinski definition) is 6. The van der Waals surface area contributed by atoms with Gasteiger partial charge < -0.3 is 24.4 Å². The number of carbonyl (C=O) groups excluding carboxylic acids is 1. The van der Waals surface area contributed by atoms with Gasteiger partial charge in [-0.2, -0.15) is 0 Å². The Bertz CT molecular complexity index is 1590. The van der Waals surface area contributed by atoms with Crippen molar-refractivity contribution < 1.29 is 19.0 Å². The molecule has 0 fully saturated rings. The molecule has 2 amide bonds. The van der Waals surface area contributed by atoms with Crippen LogP contribution in [-0.2, 0) is 0 Å². The largest absolute Gasteiger partial charge is 0.497 e. The van der Waals surface area contributed by atoms with Crippen molar-refractivity contribution >= 4 is 38.6 Å². The first kappa shape index (κ1) is 29.9. The third-order valence-electron chi connectivity index (χ3n) is 6.92. The van der Waals surface area contributed by atoms with Crippen molar-refractivity contribution in [2.75, 3.05) is 33.2 Å². The molecule has 10 heteroatoms. The number of anilines is 1. The SMILES string of the molecule is CCCCCN(C(=O)Nc1cccc(OC)c1)C(C)c1nc2ccccc2c(=O)n1-c1cc(OC)cc(OC)c1Br. The van der Waals surface area contributed by atoms with E-state index in [-0.39, 0.29) is 11.6 Å². The molecule has 0 radical (unpaired) electrons. The predicted octanol–water partition coefficient (Wildman–Crippen LogP) is 6.96. The zero-order valence-electron chi connectivity index (χ0n) is 23.9. The molecule has 1 unspecified atom stereocenters.